The van der Waals surface area contributed by atoms with E-state index in [4.69, 9.17) is 16.3 Å². The standard InChI is InChI=1S/C15H22ClNO3/c1-10(8-11(2)18)9-17-15(19)12(3)20-14-6-4-13(16)5-7-14/h4-7,10-12,18H,8-9H2,1-3H3,(H,17,19). The highest BCUT2D eigenvalue weighted by atomic mass is 35.5. The molecule has 1 amide bonds. The molecule has 0 bridgehead atoms. The van der Waals surface area contributed by atoms with E-state index in [0.29, 0.717) is 23.7 Å². The first-order chi connectivity index (χ1) is 9.38. The summed E-state index contributed by atoms with van der Waals surface area (Å²) in [5.41, 5.74) is 0. The molecule has 0 fully saturated rings. The lowest BCUT2D eigenvalue weighted by Crippen LogP contribution is -2.38. The predicted molar refractivity (Wildman–Crippen MR) is 80.0 cm³/mol. The summed E-state index contributed by atoms with van der Waals surface area (Å²) >= 11 is 5.78. The lowest BCUT2D eigenvalue weighted by molar-refractivity contribution is -0.127. The minimum atomic E-state index is -0.574. The van der Waals surface area contributed by atoms with E-state index in [1.165, 1.54) is 0 Å². The number of benzene rings is 1. The molecule has 5 heteroatoms. The molecule has 3 atom stereocenters. The average molecular weight is 300 g/mol. The normalized spacial score (nSPS) is 15.2. The third-order valence-electron chi connectivity index (χ3n) is 2.86. The van der Waals surface area contributed by atoms with Crippen molar-refractivity contribution < 1.29 is 14.6 Å². The van der Waals surface area contributed by atoms with Gasteiger partial charge in [0.05, 0.1) is 6.10 Å². The largest absolute Gasteiger partial charge is 0.481 e. The third-order valence-corrected chi connectivity index (χ3v) is 3.12. The lowest BCUT2D eigenvalue weighted by atomic mass is 10.0. The van der Waals surface area contributed by atoms with Crippen LogP contribution in [0.4, 0.5) is 0 Å². The molecule has 20 heavy (non-hydrogen) atoms. The van der Waals surface area contributed by atoms with Gasteiger partial charge in [0.2, 0.25) is 0 Å². The molecule has 4 nitrogen and oxygen atoms in total. The summed E-state index contributed by atoms with van der Waals surface area (Å²) in [6.07, 6.45) is -0.272. The number of rotatable bonds is 7. The molecule has 0 saturated carbocycles. The van der Waals surface area contributed by atoms with Crippen LogP contribution in [0.3, 0.4) is 0 Å². The van der Waals surface area contributed by atoms with Crippen LogP contribution in [0, 0.1) is 5.92 Å². The molecule has 0 spiro atoms. The molecule has 112 valence electrons. The van der Waals surface area contributed by atoms with Crippen LogP contribution in [0.15, 0.2) is 24.3 Å². The molecule has 2 N–H and O–H groups in total. The maximum atomic E-state index is 11.9. The molecule has 1 aromatic carbocycles. The molecular formula is C15H22ClNO3. The first-order valence-electron chi connectivity index (χ1n) is 6.76. The van der Waals surface area contributed by atoms with Crippen LogP contribution in [-0.4, -0.2) is 29.8 Å². The van der Waals surface area contributed by atoms with E-state index in [1.807, 2.05) is 6.92 Å². The second kappa shape index (κ2) is 8.12. The fraction of sp³-hybridized carbons (Fsp3) is 0.533. The number of carbonyl (C=O) groups excluding carboxylic acids is 1. The number of nitrogens with one attached hydrogen (secondary N) is 1. The molecule has 0 aliphatic carbocycles. The van der Waals surface area contributed by atoms with Crippen LogP contribution in [0.1, 0.15) is 27.2 Å². The molecule has 0 heterocycles. The van der Waals surface area contributed by atoms with Crippen molar-refractivity contribution in [1.29, 1.82) is 0 Å². The van der Waals surface area contributed by atoms with Gasteiger partial charge < -0.3 is 15.2 Å². The highest BCUT2D eigenvalue weighted by molar-refractivity contribution is 6.30. The summed E-state index contributed by atoms with van der Waals surface area (Å²) < 4.78 is 5.52. The van der Waals surface area contributed by atoms with E-state index in [9.17, 15) is 9.90 Å². The minimum absolute atomic E-state index is 0.169. The highest BCUT2D eigenvalue weighted by Gasteiger charge is 2.15. The van der Waals surface area contributed by atoms with E-state index >= 15 is 0 Å². The maximum Gasteiger partial charge on any atom is 0.260 e. The van der Waals surface area contributed by atoms with Gasteiger partial charge in [-0.1, -0.05) is 18.5 Å². The van der Waals surface area contributed by atoms with Crippen molar-refractivity contribution in [3.63, 3.8) is 0 Å². The van der Waals surface area contributed by atoms with E-state index in [1.54, 1.807) is 38.1 Å². The molecule has 1 rings (SSSR count). The number of aliphatic hydroxyl groups is 1. The van der Waals surface area contributed by atoms with Gasteiger partial charge in [-0.15, -0.1) is 0 Å². The zero-order valence-corrected chi connectivity index (χ0v) is 12.9. The fourth-order valence-electron chi connectivity index (χ4n) is 1.86. The molecule has 3 unspecified atom stereocenters. The summed E-state index contributed by atoms with van der Waals surface area (Å²) in [6, 6.07) is 6.88. The number of ether oxygens (including phenoxy) is 1. The Morgan fingerprint density at radius 1 is 1.30 bits per heavy atom. The maximum absolute atomic E-state index is 11.9. The van der Waals surface area contributed by atoms with Crippen molar-refractivity contribution in [2.45, 2.75) is 39.4 Å². The number of hydrogen-bond acceptors (Lipinski definition) is 3. The Morgan fingerprint density at radius 3 is 2.45 bits per heavy atom. The zero-order chi connectivity index (χ0) is 15.1. The average Bonchev–Trinajstić information content (AvgIpc) is 2.37. The van der Waals surface area contributed by atoms with Crippen molar-refractivity contribution in [2.75, 3.05) is 6.54 Å². The monoisotopic (exact) mass is 299 g/mol. The Hall–Kier alpha value is -1.26. The van der Waals surface area contributed by atoms with Crippen LogP contribution >= 0.6 is 11.6 Å². The van der Waals surface area contributed by atoms with Crippen LogP contribution < -0.4 is 10.1 Å². The highest BCUT2D eigenvalue weighted by Crippen LogP contribution is 2.16. The van der Waals surface area contributed by atoms with E-state index < -0.39 is 6.10 Å². The van der Waals surface area contributed by atoms with Crippen LogP contribution in [0.25, 0.3) is 0 Å². The second-order valence-electron chi connectivity index (χ2n) is 5.15. The van der Waals surface area contributed by atoms with Gasteiger partial charge in [0.25, 0.3) is 5.91 Å². The molecule has 0 saturated heterocycles. The summed E-state index contributed by atoms with van der Waals surface area (Å²) in [4.78, 5) is 11.9. The Morgan fingerprint density at radius 2 is 1.90 bits per heavy atom. The first kappa shape index (κ1) is 16.8. The number of carbonyl (C=O) groups is 1. The summed E-state index contributed by atoms with van der Waals surface area (Å²) in [5, 5.41) is 12.7. The summed E-state index contributed by atoms with van der Waals surface area (Å²) in [5.74, 6) is 0.660. The fourth-order valence-corrected chi connectivity index (χ4v) is 1.98. The second-order valence-corrected chi connectivity index (χ2v) is 5.59. The quantitative estimate of drug-likeness (QED) is 0.814. The smallest absolute Gasteiger partial charge is 0.260 e. The Balaban J connectivity index is 2.37. The number of amides is 1. The van der Waals surface area contributed by atoms with Crippen molar-refractivity contribution in [3.8, 4) is 5.75 Å². The van der Waals surface area contributed by atoms with Crippen molar-refractivity contribution in [2.24, 2.45) is 5.92 Å². The Labute approximate surface area is 125 Å². The first-order valence-corrected chi connectivity index (χ1v) is 7.14. The predicted octanol–water partition coefficient (Wildman–Crippen LogP) is 2.63. The topological polar surface area (TPSA) is 58.6 Å². The zero-order valence-electron chi connectivity index (χ0n) is 12.1. The van der Waals surface area contributed by atoms with Gasteiger partial charge in [-0.3, -0.25) is 4.79 Å². The molecule has 0 radical (unpaired) electrons. The van der Waals surface area contributed by atoms with Crippen molar-refractivity contribution in [1.82, 2.24) is 5.32 Å². The number of aliphatic hydroxyl groups excluding tert-OH is 1. The lowest BCUT2D eigenvalue weighted by Gasteiger charge is -2.18. The molecule has 0 aliphatic rings. The Kier molecular flexibility index (Phi) is 6.82. The van der Waals surface area contributed by atoms with Gasteiger partial charge in [-0.25, -0.2) is 0 Å². The molecule has 1 aromatic rings. The van der Waals surface area contributed by atoms with Gasteiger partial charge in [0, 0.05) is 11.6 Å². The van der Waals surface area contributed by atoms with Gasteiger partial charge in [0.15, 0.2) is 6.10 Å². The minimum Gasteiger partial charge on any atom is -0.481 e. The number of hydrogen-bond donors (Lipinski definition) is 2. The van der Waals surface area contributed by atoms with Crippen LogP contribution in [-0.2, 0) is 4.79 Å². The van der Waals surface area contributed by atoms with E-state index in [0.717, 1.165) is 0 Å². The third kappa shape index (κ3) is 6.26. The number of halogens is 1. The van der Waals surface area contributed by atoms with Crippen LogP contribution in [0.5, 0.6) is 5.75 Å². The van der Waals surface area contributed by atoms with Crippen molar-refractivity contribution >= 4 is 17.5 Å². The van der Waals surface area contributed by atoms with Crippen molar-refractivity contribution in [3.05, 3.63) is 29.3 Å². The van der Waals surface area contributed by atoms with E-state index in [2.05, 4.69) is 5.32 Å². The summed E-state index contributed by atoms with van der Waals surface area (Å²) in [7, 11) is 0. The SMILES string of the molecule is CC(O)CC(C)CNC(=O)C(C)Oc1ccc(Cl)cc1. The van der Waals surface area contributed by atoms with E-state index in [-0.39, 0.29) is 17.9 Å². The molecule has 0 aliphatic heterocycles. The van der Waals surface area contributed by atoms with Gasteiger partial charge in [-0.05, 0) is 50.5 Å². The van der Waals surface area contributed by atoms with Gasteiger partial charge in [-0.2, -0.15) is 0 Å². The Bertz CT molecular complexity index is 420. The molecular weight excluding hydrogens is 278 g/mol. The van der Waals surface area contributed by atoms with Gasteiger partial charge in [0.1, 0.15) is 5.75 Å². The van der Waals surface area contributed by atoms with Gasteiger partial charge >= 0.3 is 0 Å². The summed E-state index contributed by atoms with van der Waals surface area (Å²) in [6.45, 7) is 5.95. The molecule has 0 aromatic heterocycles. The van der Waals surface area contributed by atoms with Crippen LogP contribution in [0.2, 0.25) is 5.02 Å².